The Morgan fingerprint density at radius 2 is 1.83 bits per heavy atom. The van der Waals surface area contributed by atoms with Crippen LogP contribution < -0.4 is 5.32 Å². The first-order valence-electron chi connectivity index (χ1n) is 7.21. The number of hydrogen-bond acceptors (Lipinski definition) is 6. The molecule has 0 aliphatic carbocycles. The van der Waals surface area contributed by atoms with E-state index in [4.69, 9.17) is 14.2 Å². The van der Waals surface area contributed by atoms with Crippen molar-refractivity contribution in [2.45, 2.75) is 20.8 Å². The maximum absolute atomic E-state index is 12.0. The summed E-state index contributed by atoms with van der Waals surface area (Å²) in [5.41, 5.74) is 1.39. The molecule has 0 unspecified atom stereocenters. The van der Waals surface area contributed by atoms with Crippen molar-refractivity contribution < 1.29 is 28.6 Å². The van der Waals surface area contributed by atoms with Gasteiger partial charge in [-0.15, -0.1) is 0 Å². The average molecular weight is 326 g/mol. The third kappa shape index (κ3) is 5.10. The Morgan fingerprint density at radius 3 is 2.43 bits per heavy atom. The van der Waals surface area contributed by atoms with Gasteiger partial charge in [-0.1, -0.05) is 0 Å². The van der Waals surface area contributed by atoms with Crippen LogP contribution in [0.4, 0.5) is 0 Å². The van der Waals surface area contributed by atoms with E-state index in [2.05, 4.69) is 10.3 Å². The molecule has 8 nitrogen and oxygen atoms in total. The molecule has 0 aliphatic heterocycles. The average Bonchev–Trinajstić information content (AvgIpc) is 2.80. The lowest BCUT2D eigenvalue weighted by atomic mass is 10.1. The fourth-order valence-corrected chi connectivity index (χ4v) is 2.01. The van der Waals surface area contributed by atoms with Crippen LogP contribution in [-0.4, -0.2) is 56.3 Å². The number of aromatic amines is 1. The molecule has 0 saturated heterocycles. The highest BCUT2D eigenvalue weighted by Gasteiger charge is 2.24. The van der Waals surface area contributed by atoms with Crippen LogP contribution in [0.2, 0.25) is 0 Å². The minimum absolute atomic E-state index is 0.134. The lowest BCUT2D eigenvalue weighted by Crippen LogP contribution is -2.31. The topological polar surface area (TPSA) is 107 Å². The molecule has 0 fully saturated rings. The van der Waals surface area contributed by atoms with E-state index in [-0.39, 0.29) is 12.3 Å². The SMILES string of the molecule is CCOC(=O)c1c(C)[nH]c(C(=O)OCC(=O)NCCOC)c1C. The summed E-state index contributed by atoms with van der Waals surface area (Å²) < 4.78 is 14.7. The molecule has 1 aromatic rings. The summed E-state index contributed by atoms with van der Waals surface area (Å²) in [5.74, 6) is -1.64. The number of aryl methyl sites for hydroxylation is 1. The van der Waals surface area contributed by atoms with Crippen molar-refractivity contribution in [3.05, 3.63) is 22.5 Å². The maximum Gasteiger partial charge on any atom is 0.355 e. The monoisotopic (exact) mass is 326 g/mol. The summed E-state index contributed by atoms with van der Waals surface area (Å²) in [5, 5.41) is 2.53. The predicted molar refractivity (Wildman–Crippen MR) is 81.4 cm³/mol. The van der Waals surface area contributed by atoms with Crippen molar-refractivity contribution in [3.63, 3.8) is 0 Å². The molecule has 0 aliphatic rings. The van der Waals surface area contributed by atoms with Gasteiger partial charge in [0.25, 0.3) is 5.91 Å². The Morgan fingerprint density at radius 1 is 1.13 bits per heavy atom. The number of rotatable bonds is 8. The highest BCUT2D eigenvalue weighted by atomic mass is 16.5. The minimum Gasteiger partial charge on any atom is -0.462 e. The van der Waals surface area contributed by atoms with Crippen molar-refractivity contribution in [2.75, 3.05) is 33.5 Å². The summed E-state index contributed by atoms with van der Waals surface area (Å²) in [4.78, 5) is 38.2. The van der Waals surface area contributed by atoms with E-state index in [9.17, 15) is 14.4 Å². The summed E-state index contributed by atoms with van der Waals surface area (Å²) in [7, 11) is 1.52. The number of H-pyrrole nitrogens is 1. The molecule has 0 radical (unpaired) electrons. The zero-order chi connectivity index (χ0) is 17.4. The molecule has 0 aromatic carbocycles. The van der Waals surface area contributed by atoms with Crippen LogP contribution >= 0.6 is 0 Å². The van der Waals surface area contributed by atoms with Crippen LogP contribution in [0.15, 0.2) is 0 Å². The van der Waals surface area contributed by atoms with Crippen LogP contribution in [-0.2, 0) is 19.0 Å². The van der Waals surface area contributed by atoms with Gasteiger partial charge < -0.3 is 24.5 Å². The van der Waals surface area contributed by atoms with Crippen LogP contribution in [0.5, 0.6) is 0 Å². The fraction of sp³-hybridized carbons (Fsp3) is 0.533. The van der Waals surface area contributed by atoms with Crippen molar-refractivity contribution >= 4 is 17.8 Å². The number of carbonyl (C=O) groups is 3. The highest BCUT2D eigenvalue weighted by Crippen LogP contribution is 2.19. The molecule has 0 saturated carbocycles. The fourth-order valence-electron chi connectivity index (χ4n) is 2.01. The second-order valence-electron chi connectivity index (χ2n) is 4.76. The first-order chi connectivity index (χ1) is 10.9. The molecule has 2 N–H and O–H groups in total. The Hall–Kier alpha value is -2.35. The number of carbonyl (C=O) groups excluding carboxylic acids is 3. The predicted octanol–water partition coefficient (Wildman–Crippen LogP) is 0.728. The second kappa shape index (κ2) is 8.94. The number of methoxy groups -OCH3 is 1. The van der Waals surface area contributed by atoms with Gasteiger partial charge in [0.05, 0.1) is 18.8 Å². The van der Waals surface area contributed by atoms with Crippen LogP contribution in [0.25, 0.3) is 0 Å². The van der Waals surface area contributed by atoms with Crippen LogP contribution in [0.3, 0.4) is 0 Å². The van der Waals surface area contributed by atoms with Crippen LogP contribution in [0.1, 0.15) is 39.0 Å². The van der Waals surface area contributed by atoms with Gasteiger partial charge in [-0.25, -0.2) is 9.59 Å². The summed E-state index contributed by atoms with van der Waals surface area (Å²) >= 11 is 0. The molecule has 0 atom stereocenters. The van der Waals surface area contributed by atoms with Gasteiger partial charge in [0.1, 0.15) is 5.69 Å². The van der Waals surface area contributed by atoms with Crippen molar-refractivity contribution in [1.82, 2.24) is 10.3 Å². The van der Waals surface area contributed by atoms with Crippen molar-refractivity contribution in [3.8, 4) is 0 Å². The first kappa shape index (κ1) is 18.7. The number of nitrogens with one attached hydrogen (secondary N) is 2. The van der Waals surface area contributed by atoms with E-state index >= 15 is 0 Å². The van der Waals surface area contributed by atoms with Gasteiger partial charge in [-0.2, -0.15) is 0 Å². The summed E-state index contributed by atoms with van der Waals surface area (Å²) in [6.45, 7) is 5.52. The van der Waals surface area contributed by atoms with Gasteiger partial charge in [0.2, 0.25) is 0 Å². The van der Waals surface area contributed by atoms with Gasteiger partial charge in [-0.3, -0.25) is 4.79 Å². The van der Waals surface area contributed by atoms with Crippen LogP contribution in [0, 0.1) is 13.8 Å². The van der Waals surface area contributed by atoms with Crippen molar-refractivity contribution in [1.29, 1.82) is 0 Å². The Balaban J connectivity index is 2.69. The molecule has 1 rings (SSSR count). The Bertz CT molecular complexity index is 579. The molecular formula is C15H22N2O6. The molecular weight excluding hydrogens is 304 g/mol. The number of ether oxygens (including phenoxy) is 3. The normalized spacial score (nSPS) is 10.3. The van der Waals surface area contributed by atoms with Gasteiger partial charge in [-0.05, 0) is 26.3 Å². The zero-order valence-corrected chi connectivity index (χ0v) is 13.8. The van der Waals surface area contributed by atoms with Gasteiger partial charge in [0, 0.05) is 19.3 Å². The smallest absolute Gasteiger partial charge is 0.355 e. The quantitative estimate of drug-likeness (QED) is 0.539. The highest BCUT2D eigenvalue weighted by molar-refractivity contribution is 5.99. The number of amides is 1. The lowest BCUT2D eigenvalue weighted by molar-refractivity contribution is -0.124. The van der Waals surface area contributed by atoms with E-state index in [1.807, 2.05) is 0 Å². The van der Waals surface area contributed by atoms with E-state index in [0.29, 0.717) is 30.0 Å². The molecule has 8 heteroatoms. The molecule has 1 amide bonds. The summed E-state index contributed by atoms with van der Waals surface area (Å²) in [6.07, 6.45) is 0. The Kier molecular flexibility index (Phi) is 7.27. The molecule has 0 bridgehead atoms. The van der Waals surface area contributed by atoms with Gasteiger partial charge in [0.15, 0.2) is 6.61 Å². The zero-order valence-electron chi connectivity index (χ0n) is 13.8. The van der Waals surface area contributed by atoms with Crippen molar-refractivity contribution in [2.24, 2.45) is 0 Å². The molecule has 128 valence electrons. The molecule has 1 aromatic heterocycles. The van der Waals surface area contributed by atoms with E-state index in [1.54, 1.807) is 20.8 Å². The second-order valence-corrected chi connectivity index (χ2v) is 4.76. The van der Waals surface area contributed by atoms with E-state index in [1.165, 1.54) is 7.11 Å². The minimum atomic E-state index is -0.706. The largest absolute Gasteiger partial charge is 0.462 e. The van der Waals surface area contributed by atoms with E-state index in [0.717, 1.165) is 0 Å². The van der Waals surface area contributed by atoms with Gasteiger partial charge >= 0.3 is 11.9 Å². The standard InChI is InChI=1S/C15H22N2O6/c1-5-22-14(19)12-9(2)13(17-10(12)3)15(20)23-8-11(18)16-6-7-21-4/h17H,5-8H2,1-4H3,(H,16,18). The third-order valence-electron chi connectivity index (χ3n) is 3.08. The summed E-state index contributed by atoms with van der Waals surface area (Å²) in [6, 6.07) is 0. The first-order valence-corrected chi connectivity index (χ1v) is 7.21. The number of hydrogen-bond donors (Lipinski definition) is 2. The molecule has 23 heavy (non-hydrogen) atoms. The Labute approximate surface area is 134 Å². The lowest BCUT2D eigenvalue weighted by Gasteiger charge is -2.06. The number of esters is 2. The van der Waals surface area contributed by atoms with E-state index < -0.39 is 24.5 Å². The number of aromatic nitrogens is 1. The third-order valence-corrected chi connectivity index (χ3v) is 3.08. The molecule has 1 heterocycles. The maximum atomic E-state index is 12.0. The molecule has 0 spiro atoms.